The monoisotopic (exact) mass is 177 g/mol. The van der Waals surface area contributed by atoms with Crippen molar-refractivity contribution in [2.75, 3.05) is 6.54 Å². The maximum atomic E-state index is 10.7. The first-order chi connectivity index (χ1) is 4.73. The van der Waals surface area contributed by atoms with E-state index in [0.717, 1.165) is 19.3 Å². The highest BCUT2D eigenvalue weighted by molar-refractivity contribution is 5.85. The molecule has 2 fully saturated rings. The van der Waals surface area contributed by atoms with Crippen molar-refractivity contribution in [1.82, 2.24) is 5.32 Å². The number of fused-ring (bicyclic) bond motifs is 2. The van der Waals surface area contributed by atoms with Crippen molar-refractivity contribution in [2.24, 2.45) is 5.41 Å². The summed E-state index contributed by atoms with van der Waals surface area (Å²) in [5.74, 6) is -0.611. The topological polar surface area (TPSA) is 49.3 Å². The average Bonchev–Trinajstić information content (AvgIpc) is 2.45. The van der Waals surface area contributed by atoms with E-state index in [1.807, 2.05) is 0 Å². The molecule has 1 saturated heterocycles. The third-order valence-corrected chi connectivity index (χ3v) is 2.79. The van der Waals surface area contributed by atoms with Gasteiger partial charge in [0.05, 0.1) is 5.41 Å². The standard InChI is InChI=1S/C7H11NO2.ClH/c9-6(10)7-2-1-5(3-7)8-4-7;/h5,8H,1-4H2,(H,9,10);1H/t5-,7-;/m0./s1. The Kier molecular flexibility index (Phi) is 2.12. The summed E-state index contributed by atoms with van der Waals surface area (Å²) in [5.41, 5.74) is -0.384. The number of hydrogen-bond donors (Lipinski definition) is 2. The number of rotatable bonds is 1. The number of nitrogens with one attached hydrogen (secondary N) is 1. The molecule has 1 aliphatic carbocycles. The maximum Gasteiger partial charge on any atom is 0.310 e. The predicted molar refractivity (Wildman–Crippen MR) is 43.0 cm³/mol. The first-order valence-electron chi connectivity index (χ1n) is 3.70. The minimum Gasteiger partial charge on any atom is -0.481 e. The van der Waals surface area contributed by atoms with Crippen molar-refractivity contribution in [3.8, 4) is 0 Å². The number of aliphatic carboxylic acids is 1. The van der Waals surface area contributed by atoms with E-state index < -0.39 is 5.97 Å². The summed E-state index contributed by atoms with van der Waals surface area (Å²) < 4.78 is 0. The molecule has 0 aromatic carbocycles. The molecule has 0 aromatic rings. The molecule has 11 heavy (non-hydrogen) atoms. The molecule has 0 spiro atoms. The van der Waals surface area contributed by atoms with Crippen LogP contribution >= 0.6 is 12.4 Å². The summed E-state index contributed by atoms with van der Waals surface area (Å²) in [4.78, 5) is 10.7. The molecule has 1 heterocycles. The van der Waals surface area contributed by atoms with E-state index in [0.29, 0.717) is 12.6 Å². The quantitative estimate of drug-likeness (QED) is 0.618. The highest BCUT2D eigenvalue weighted by Gasteiger charge is 2.50. The van der Waals surface area contributed by atoms with E-state index in [4.69, 9.17) is 5.11 Å². The Morgan fingerprint density at radius 2 is 2.36 bits per heavy atom. The van der Waals surface area contributed by atoms with Gasteiger partial charge in [0.25, 0.3) is 0 Å². The van der Waals surface area contributed by atoms with Gasteiger partial charge in [-0.25, -0.2) is 0 Å². The molecule has 0 radical (unpaired) electrons. The zero-order valence-corrected chi connectivity index (χ0v) is 6.99. The highest BCUT2D eigenvalue weighted by atomic mass is 35.5. The zero-order chi connectivity index (χ0) is 7.19. The minimum absolute atomic E-state index is 0. The Morgan fingerprint density at radius 1 is 1.64 bits per heavy atom. The molecule has 0 aromatic heterocycles. The summed E-state index contributed by atoms with van der Waals surface area (Å²) in [6.45, 7) is 0.687. The van der Waals surface area contributed by atoms with Gasteiger partial charge in [-0.05, 0) is 19.3 Å². The van der Waals surface area contributed by atoms with Gasteiger partial charge in [-0.3, -0.25) is 4.79 Å². The smallest absolute Gasteiger partial charge is 0.310 e. The third-order valence-electron chi connectivity index (χ3n) is 2.79. The number of carboxylic acids is 1. The van der Waals surface area contributed by atoms with E-state index >= 15 is 0 Å². The normalized spacial score (nSPS) is 40.2. The molecule has 2 atom stereocenters. The number of carboxylic acid groups (broad SMARTS) is 1. The Bertz CT molecular complexity index is 175. The lowest BCUT2D eigenvalue weighted by Crippen LogP contribution is -2.35. The number of hydrogen-bond acceptors (Lipinski definition) is 2. The third kappa shape index (κ3) is 1.12. The molecule has 2 aliphatic rings. The fraction of sp³-hybridized carbons (Fsp3) is 0.857. The first kappa shape index (κ1) is 8.81. The summed E-state index contributed by atoms with van der Waals surface area (Å²) in [5, 5.41) is 12.0. The van der Waals surface area contributed by atoms with Gasteiger partial charge in [-0.2, -0.15) is 0 Å². The number of piperidine rings is 1. The van der Waals surface area contributed by atoms with Crippen molar-refractivity contribution < 1.29 is 9.90 Å². The average molecular weight is 178 g/mol. The molecule has 64 valence electrons. The fourth-order valence-electron chi connectivity index (χ4n) is 2.07. The molecule has 1 saturated carbocycles. The summed E-state index contributed by atoms with van der Waals surface area (Å²) in [6, 6.07) is 0.496. The van der Waals surface area contributed by atoms with Crippen molar-refractivity contribution in [1.29, 1.82) is 0 Å². The summed E-state index contributed by atoms with van der Waals surface area (Å²) in [7, 11) is 0. The summed E-state index contributed by atoms with van der Waals surface area (Å²) in [6.07, 6.45) is 2.77. The van der Waals surface area contributed by atoms with Crippen LogP contribution in [0.15, 0.2) is 0 Å². The van der Waals surface area contributed by atoms with Gasteiger partial charge in [-0.15, -0.1) is 12.4 Å². The van der Waals surface area contributed by atoms with E-state index in [1.54, 1.807) is 0 Å². The van der Waals surface area contributed by atoms with Crippen molar-refractivity contribution >= 4 is 18.4 Å². The number of halogens is 1. The van der Waals surface area contributed by atoms with Crippen LogP contribution in [-0.2, 0) is 4.79 Å². The van der Waals surface area contributed by atoms with Crippen LogP contribution in [0.5, 0.6) is 0 Å². The van der Waals surface area contributed by atoms with E-state index in [1.165, 1.54) is 0 Å². The Labute approximate surface area is 71.6 Å². The SMILES string of the molecule is Cl.O=C(O)[C@@]12CC[C@@H](C1)NC2. The molecular formula is C7H12ClNO2. The van der Waals surface area contributed by atoms with Gasteiger partial charge >= 0.3 is 5.97 Å². The van der Waals surface area contributed by atoms with Gasteiger partial charge < -0.3 is 10.4 Å². The van der Waals surface area contributed by atoms with Crippen LogP contribution < -0.4 is 5.32 Å². The maximum absolute atomic E-state index is 10.7. The molecule has 4 heteroatoms. The molecule has 1 aliphatic heterocycles. The van der Waals surface area contributed by atoms with Gasteiger partial charge in [0.1, 0.15) is 0 Å². The van der Waals surface area contributed by atoms with Crippen LogP contribution in [0.25, 0.3) is 0 Å². The van der Waals surface area contributed by atoms with E-state index in [9.17, 15) is 4.79 Å². The highest BCUT2D eigenvalue weighted by Crippen LogP contribution is 2.42. The number of carbonyl (C=O) groups is 1. The Hall–Kier alpha value is -0.280. The Morgan fingerprint density at radius 3 is 2.55 bits per heavy atom. The van der Waals surface area contributed by atoms with Gasteiger partial charge in [0, 0.05) is 12.6 Å². The van der Waals surface area contributed by atoms with E-state index in [-0.39, 0.29) is 17.8 Å². The molecule has 2 N–H and O–H groups in total. The molecular weight excluding hydrogens is 166 g/mol. The first-order valence-corrected chi connectivity index (χ1v) is 3.70. The molecule has 2 rings (SSSR count). The van der Waals surface area contributed by atoms with Crippen LogP contribution in [-0.4, -0.2) is 23.7 Å². The van der Waals surface area contributed by atoms with Crippen molar-refractivity contribution in [3.63, 3.8) is 0 Å². The lowest BCUT2D eigenvalue weighted by atomic mass is 9.88. The largest absolute Gasteiger partial charge is 0.481 e. The van der Waals surface area contributed by atoms with Crippen molar-refractivity contribution in [2.45, 2.75) is 25.3 Å². The second-order valence-electron chi connectivity index (χ2n) is 3.41. The van der Waals surface area contributed by atoms with E-state index in [2.05, 4.69) is 5.32 Å². The molecule has 0 unspecified atom stereocenters. The zero-order valence-electron chi connectivity index (χ0n) is 6.17. The molecule has 3 nitrogen and oxygen atoms in total. The van der Waals surface area contributed by atoms with Gasteiger partial charge in [0.15, 0.2) is 0 Å². The van der Waals surface area contributed by atoms with Crippen LogP contribution in [0.3, 0.4) is 0 Å². The van der Waals surface area contributed by atoms with Crippen LogP contribution in [0, 0.1) is 5.41 Å². The van der Waals surface area contributed by atoms with Crippen LogP contribution in [0.2, 0.25) is 0 Å². The molecule has 2 bridgehead atoms. The van der Waals surface area contributed by atoms with Crippen molar-refractivity contribution in [3.05, 3.63) is 0 Å². The summed E-state index contributed by atoms with van der Waals surface area (Å²) >= 11 is 0. The van der Waals surface area contributed by atoms with Gasteiger partial charge in [-0.1, -0.05) is 0 Å². The second-order valence-corrected chi connectivity index (χ2v) is 3.41. The lowest BCUT2D eigenvalue weighted by molar-refractivity contribution is -0.147. The fourth-order valence-corrected chi connectivity index (χ4v) is 2.07. The van der Waals surface area contributed by atoms with Gasteiger partial charge in [0.2, 0.25) is 0 Å². The Balaban J connectivity index is 0.000000605. The minimum atomic E-state index is -0.611. The lowest BCUT2D eigenvalue weighted by Gasteiger charge is -2.20. The molecule has 0 amide bonds. The van der Waals surface area contributed by atoms with Crippen LogP contribution in [0.4, 0.5) is 0 Å². The predicted octanol–water partition coefficient (Wildman–Crippen LogP) is 0.635. The second kappa shape index (κ2) is 2.64. The van der Waals surface area contributed by atoms with Crippen LogP contribution in [0.1, 0.15) is 19.3 Å².